The Hall–Kier alpha value is -3.85. The van der Waals surface area contributed by atoms with Crippen LogP contribution in [-0.4, -0.2) is 53.2 Å². The van der Waals surface area contributed by atoms with Gasteiger partial charge in [0.25, 0.3) is 0 Å². The second-order valence-corrected chi connectivity index (χ2v) is 9.98. The highest BCUT2D eigenvalue weighted by molar-refractivity contribution is 5.99. The van der Waals surface area contributed by atoms with Gasteiger partial charge in [-0.15, -0.1) is 0 Å². The molecular formula is C29H36N4O5. The molecule has 9 nitrogen and oxygen atoms in total. The van der Waals surface area contributed by atoms with Crippen molar-refractivity contribution in [2.75, 3.05) is 25.3 Å². The minimum absolute atomic E-state index is 0.0175. The molecule has 0 saturated heterocycles. The molecule has 1 aliphatic rings. The molecule has 202 valence electrons. The number of aromatic nitrogens is 2. The van der Waals surface area contributed by atoms with Gasteiger partial charge in [0.1, 0.15) is 12.6 Å². The number of anilines is 1. The summed E-state index contributed by atoms with van der Waals surface area (Å²) in [4.78, 5) is 28.4. The van der Waals surface area contributed by atoms with Crippen LogP contribution in [0.2, 0.25) is 0 Å². The molecule has 2 N–H and O–H groups in total. The van der Waals surface area contributed by atoms with Crippen molar-refractivity contribution in [3.63, 3.8) is 0 Å². The molecule has 2 aromatic carbocycles. The first-order valence-corrected chi connectivity index (χ1v) is 12.9. The maximum atomic E-state index is 13.7. The normalized spacial score (nSPS) is 13.0. The van der Waals surface area contributed by atoms with E-state index in [-0.39, 0.29) is 31.8 Å². The number of hydrogen-bond acceptors (Lipinski definition) is 6. The van der Waals surface area contributed by atoms with Crippen molar-refractivity contribution >= 4 is 17.5 Å². The van der Waals surface area contributed by atoms with Gasteiger partial charge in [-0.2, -0.15) is 5.10 Å². The number of hydrogen-bond donors (Lipinski definition) is 2. The lowest BCUT2D eigenvalue weighted by atomic mass is 10.0. The highest BCUT2D eigenvalue weighted by Gasteiger charge is 2.27. The number of amides is 2. The third-order valence-corrected chi connectivity index (χ3v) is 6.66. The molecule has 3 aromatic rings. The Labute approximate surface area is 223 Å². The quantitative estimate of drug-likeness (QED) is 0.403. The summed E-state index contributed by atoms with van der Waals surface area (Å²) >= 11 is 0. The van der Waals surface area contributed by atoms with Crippen LogP contribution in [0.5, 0.6) is 11.5 Å². The number of carbonyl (C=O) groups is 2. The molecular weight excluding hydrogens is 484 g/mol. The molecule has 0 saturated carbocycles. The van der Waals surface area contributed by atoms with Crippen LogP contribution in [0.25, 0.3) is 0 Å². The number of aliphatic hydroxyl groups excluding tert-OH is 1. The van der Waals surface area contributed by atoms with Gasteiger partial charge in [-0.05, 0) is 48.9 Å². The van der Waals surface area contributed by atoms with Gasteiger partial charge in [0.15, 0.2) is 11.5 Å². The first-order chi connectivity index (χ1) is 18.3. The van der Waals surface area contributed by atoms with Crippen molar-refractivity contribution in [1.82, 2.24) is 15.1 Å². The fourth-order valence-electron chi connectivity index (χ4n) is 4.67. The summed E-state index contributed by atoms with van der Waals surface area (Å²) in [6.45, 7) is 6.28. The van der Waals surface area contributed by atoms with Gasteiger partial charge in [-0.25, -0.2) is 0 Å². The summed E-state index contributed by atoms with van der Waals surface area (Å²) in [5, 5.41) is 17.2. The molecule has 1 aliphatic heterocycles. The molecule has 2 heterocycles. The fraction of sp³-hybridized carbons (Fsp3) is 0.414. The third-order valence-electron chi connectivity index (χ3n) is 6.66. The zero-order valence-electron chi connectivity index (χ0n) is 22.4. The monoisotopic (exact) mass is 520 g/mol. The molecule has 1 atom stereocenters. The number of nitrogens with one attached hydrogen (secondary N) is 1. The standard InChI is InChI=1S/C29H36N4O5/c1-19(2)14-24-23(12-13-34)20(3)33(31-24)17-28(35)30-25(15-21-8-6-5-7-9-21)29(36)32(4)22-10-11-26-27(16-22)38-18-37-26/h5-11,16,19,25,34H,12-15,17-18H2,1-4H3,(H,30,35)/t25-/m0/s1. The van der Waals surface area contributed by atoms with E-state index in [1.54, 1.807) is 29.9 Å². The van der Waals surface area contributed by atoms with Gasteiger partial charge >= 0.3 is 0 Å². The molecule has 9 heteroatoms. The number of carbonyl (C=O) groups excluding carboxylic acids is 2. The summed E-state index contributed by atoms with van der Waals surface area (Å²) in [6, 6.07) is 14.1. The van der Waals surface area contributed by atoms with Crippen LogP contribution < -0.4 is 19.7 Å². The van der Waals surface area contributed by atoms with Crippen LogP contribution in [0, 0.1) is 12.8 Å². The third kappa shape index (κ3) is 6.34. The second-order valence-electron chi connectivity index (χ2n) is 9.98. The van der Waals surface area contributed by atoms with Crippen molar-refractivity contribution in [2.45, 2.75) is 52.6 Å². The van der Waals surface area contributed by atoms with Crippen molar-refractivity contribution in [3.8, 4) is 11.5 Å². The number of nitrogens with zero attached hydrogens (tertiary/aromatic N) is 3. The van der Waals surface area contributed by atoms with Gasteiger partial charge in [-0.3, -0.25) is 14.3 Å². The van der Waals surface area contributed by atoms with Crippen LogP contribution in [0.1, 0.15) is 36.4 Å². The lowest BCUT2D eigenvalue weighted by Crippen LogP contribution is -2.49. The maximum absolute atomic E-state index is 13.7. The summed E-state index contributed by atoms with van der Waals surface area (Å²) in [6.07, 6.45) is 1.60. The highest BCUT2D eigenvalue weighted by Crippen LogP contribution is 2.35. The van der Waals surface area contributed by atoms with E-state index in [0.29, 0.717) is 35.9 Å². The van der Waals surface area contributed by atoms with E-state index in [1.807, 2.05) is 37.3 Å². The smallest absolute Gasteiger partial charge is 0.249 e. The maximum Gasteiger partial charge on any atom is 0.249 e. The minimum Gasteiger partial charge on any atom is -0.454 e. The van der Waals surface area contributed by atoms with Gasteiger partial charge in [0, 0.05) is 37.5 Å². The molecule has 0 radical (unpaired) electrons. The molecule has 4 rings (SSSR count). The number of fused-ring (bicyclic) bond motifs is 1. The van der Waals surface area contributed by atoms with Crippen LogP contribution in [0.3, 0.4) is 0 Å². The Morgan fingerprint density at radius 1 is 1.11 bits per heavy atom. The Morgan fingerprint density at radius 3 is 2.55 bits per heavy atom. The zero-order valence-corrected chi connectivity index (χ0v) is 22.4. The van der Waals surface area contributed by atoms with Gasteiger partial charge in [-0.1, -0.05) is 44.2 Å². The van der Waals surface area contributed by atoms with Crippen LogP contribution in [-0.2, 0) is 35.4 Å². The average molecular weight is 521 g/mol. The number of rotatable bonds is 11. The van der Waals surface area contributed by atoms with E-state index in [9.17, 15) is 14.7 Å². The molecule has 1 aromatic heterocycles. The van der Waals surface area contributed by atoms with E-state index in [4.69, 9.17) is 9.47 Å². The first kappa shape index (κ1) is 27.2. The largest absolute Gasteiger partial charge is 0.454 e. The first-order valence-electron chi connectivity index (χ1n) is 12.9. The lowest BCUT2D eigenvalue weighted by molar-refractivity contribution is -0.127. The Kier molecular flexibility index (Phi) is 8.68. The zero-order chi connectivity index (χ0) is 27.2. The second kappa shape index (κ2) is 12.1. The van der Waals surface area contributed by atoms with E-state index in [2.05, 4.69) is 24.3 Å². The van der Waals surface area contributed by atoms with E-state index < -0.39 is 6.04 Å². The van der Waals surface area contributed by atoms with E-state index >= 15 is 0 Å². The summed E-state index contributed by atoms with van der Waals surface area (Å²) in [5.74, 6) is 1.05. The summed E-state index contributed by atoms with van der Waals surface area (Å²) in [7, 11) is 1.68. The van der Waals surface area contributed by atoms with Crippen LogP contribution in [0.15, 0.2) is 48.5 Å². The SMILES string of the molecule is Cc1c(CCO)c(CC(C)C)nn1CC(=O)N[C@@H](Cc1ccccc1)C(=O)N(C)c1ccc2c(c1)OCO2. The molecule has 2 amide bonds. The molecule has 0 unspecified atom stereocenters. The van der Waals surface area contributed by atoms with Crippen LogP contribution >= 0.6 is 0 Å². The summed E-state index contributed by atoms with van der Waals surface area (Å²) < 4.78 is 12.5. The number of likely N-dealkylation sites (N-methyl/N-ethyl adjacent to an activating group) is 1. The van der Waals surface area contributed by atoms with Gasteiger partial charge in [0.05, 0.1) is 5.69 Å². The Morgan fingerprint density at radius 2 is 1.84 bits per heavy atom. The summed E-state index contributed by atoms with van der Waals surface area (Å²) in [5.41, 5.74) is 4.31. The number of ether oxygens (including phenoxy) is 2. The average Bonchev–Trinajstić information content (AvgIpc) is 3.47. The van der Waals surface area contributed by atoms with Gasteiger partial charge < -0.3 is 24.8 Å². The molecule has 0 bridgehead atoms. The lowest BCUT2D eigenvalue weighted by Gasteiger charge is -2.25. The Bertz CT molecular complexity index is 1270. The van der Waals surface area contributed by atoms with E-state index in [0.717, 1.165) is 28.9 Å². The van der Waals surface area contributed by atoms with Crippen molar-refractivity contribution in [3.05, 3.63) is 71.0 Å². The predicted molar refractivity (Wildman–Crippen MR) is 144 cm³/mol. The molecule has 0 fully saturated rings. The van der Waals surface area contributed by atoms with Crippen LogP contribution in [0.4, 0.5) is 5.69 Å². The molecule has 0 aliphatic carbocycles. The van der Waals surface area contributed by atoms with Crippen molar-refractivity contribution in [1.29, 1.82) is 0 Å². The molecule has 0 spiro atoms. The topological polar surface area (TPSA) is 106 Å². The fourth-order valence-corrected chi connectivity index (χ4v) is 4.67. The van der Waals surface area contributed by atoms with Crippen molar-refractivity contribution < 1.29 is 24.2 Å². The minimum atomic E-state index is -0.789. The highest BCUT2D eigenvalue weighted by atomic mass is 16.7. The van der Waals surface area contributed by atoms with E-state index in [1.165, 1.54) is 4.90 Å². The number of benzene rings is 2. The van der Waals surface area contributed by atoms with Gasteiger partial charge in [0.2, 0.25) is 18.6 Å². The predicted octanol–water partition coefficient (Wildman–Crippen LogP) is 3.04. The van der Waals surface area contributed by atoms with Crippen molar-refractivity contribution in [2.24, 2.45) is 5.92 Å². The molecule has 38 heavy (non-hydrogen) atoms. The Balaban J connectivity index is 1.54. The number of aliphatic hydroxyl groups is 1.